The van der Waals surface area contributed by atoms with Crippen LogP contribution in [0.1, 0.15) is 41.4 Å². The summed E-state index contributed by atoms with van der Waals surface area (Å²) >= 11 is 0. The van der Waals surface area contributed by atoms with Crippen molar-refractivity contribution < 1.29 is 29.3 Å². The molecule has 1 amide bonds. The summed E-state index contributed by atoms with van der Waals surface area (Å²) in [6.45, 7) is 0. The molecule has 1 saturated heterocycles. The van der Waals surface area contributed by atoms with E-state index in [-0.39, 0.29) is 18.7 Å². The highest BCUT2D eigenvalue weighted by molar-refractivity contribution is 5.93. The summed E-state index contributed by atoms with van der Waals surface area (Å²) in [5.74, 6) is 4.80. The number of anilines is 1. The molecule has 0 radical (unpaired) electrons. The van der Waals surface area contributed by atoms with Gasteiger partial charge < -0.3 is 36.9 Å². The van der Waals surface area contributed by atoms with E-state index in [0.29, 0.717) is 28.7 Å². The maximum atomic E-state index is 11.8. The number of hydrogen-bond acceptors (Lipinski definition) is 11. The van der Waals surface area contributed by atoms with Crippen molar-refractivity contribution in [1.82, 2.24) is 19.5 Å². The highest BCUT2D eigenvalue weighted by atomic mass is 16.6. The molecule has 1 fully saturated rings. The van der Waals surface area contributed by atoms with E-state index < -0.39 is 48.4 Å². The van der Waals surface area contributed by atoms with E-state index >= 15 is 0 Å². The number of benzene rings is 1. The van der Waals surface area contributed by atoms with Crippen LogP contribution in [0.15, 0.2) is 36.9 Å². The maximum Gasteiger partial charge on any atom is 0.322 e. The van der Waals surface area contributed by atoms with Gasteiger partial charge in [0.25, 0.3) is 0 Å². The van der Waals surface area contributed by atoms with Crippen LogP contribution in [0.5, 0.6) is 0 Å². The first kappa shape index (κ1) is 27.0. The molecule has 200 valence electrons. The van der Waals surface area contributed by atoms with E-state index in [2.05, 4.69) is 26.8 Å². The highest BCUT2D eigenvalue weighted by Gasteiger charge is 2.45. The summed E-state index contributed by atoms with van der Waals surface area (Å²) in [6, 6.07) is 5.71. The number of aromatic nitrogens is 4. The van der Waals surface area contributed by atoms with Crippen molar-refractivity contribution >= 4 is 28.9 Å². The Morgan fingerprint density at radius 2 is 2.00 bits per heavy atom. The first-order valence-electron chi connectivity index (χ1n) is 11.9. The summed E-state index contributed by atoms with van der Waals surface area (Å²) in [7, 11) is 1.26. The first-order chi connectivity index (χ1) is 18.2. The average Bonchev–Trinajstić information content (AvgIpc) is 3.46. The number of nitrogen functional groups attached to an aromatic ring is 1. The third-order valence-corrected chi connectivity index (χ3v) is 6.41. The Bertz CT molecular complexity index is 1380. The predicted octanol–water partition coefficient (Wildman–Crippen LogP) is -0.535. The Morgan fingerprint density at radius 1 is 1.21 bits per heavy atom. The number of primary amides is 1. The van der Waals surface area contributed by atoms with Crippen molar-refractivity contribution in [2.75, 3.05) is 12.8 Å². The van der Waals surface area contributed by atoms with Crippen molar-refractivity contribution in [3.05, 3.63) is 48.0 Å². The molecule has 13 heteroatoms. The largest absolute Gasteiger partial charge is 0.468 e. The van der Waals surface area contributed by atoms with Gasteiger partial charge in [0.05, 0.1) is 19.5 Å². The Kier molecular flexibility index (Phi) is 8.18. The number of ether oxygens (including phenoxy) is 2. The van der Waals surface area contributed by atoms with E-state index in [1.54, 1.807) is 24.3 Å². The molecule has 38 heavy (non-hydrogen) atoms. The van der Waals surface area contributed by atoms with E-state index in [9.17, 15) is 19.8 Å². The Balaban J connectivity index is 1.55. The number of fused-ring (bicyclic) bond motifs is 1. The van der Waals surface area contributed by atoms with Crippen molar-refractivity contribution in [2.24, 2.45) is 17.4 Å². The van der Waals surface area contributed by atoms with Gasteiger partial charge in [-0.05, 0) is 37.5 Å². The fourth-order valence-corrected chi connectivity index (χ4v) is 4.32. The monoisotopic (exact) mass is 523 g/mol. The second kappa shape index (κ2) is 11.5. The molecule has 1 aliphatic heterocycles. The van der Waals surface area contributed by atoms with Crippen molar-refractivity contribution in [3.8, 4) is 11.8 Å². The normalized spacial score (nSPS) is 22.4. The third-order valence-electron chi connectivity index (χ3n) is 6.41. The quantitative estimate of drug-likeness (QED) is 0.187. The number of aliphatic hydroxyl groups excluding tert-OH is 2. The Labute approximate surface area is 218 Å². The molecule has 0 spiro atoms. The summed E-state index contributed by atoms with van der Waals surface area (Å²) < 4.78 is 12.3. The number of amides is 1. The van der Waals surface area contributed by atoms with Crippen LogP contribution in [0, 0.1) is 17.8 Å². The molecule has 0 aliphatic carbocycles. The van der Waals surface area contributed by atoms with E-state index in [4.69, 9.17) is 26.7 Å². The van der Waals surface area contributed by atoms with Gasteiger partial charge in [-0.2, -0.15) is 0 Å². The number of aliphatic hydroxyl groups is 2. The topological polar surface area (TPSA) is 215 Å². The van der Waals surface area contributed by atoms with Crippen LogP contribution in [0.4, 0.5) is 5.82 Å². The van der Waals surface area contributed by atoms with Gasteiger partial charge in [0.1, 0.15) is 30.1 Å². The molecule has 13 nitrogen and oxygen atoms in total. The number of carbonyl (C=O) groups is 2. The summed E-state index contributed by atoms with van der Waals surface area (Å²) in [6.07, 6.45) is -0.764. The Morgan fingerprint density at radius 3 is 2.74 bits per heavy atom. The highest BCUT2D eigenvalue weighted by Crippen LogP contribution is 2.35. The molecule has 0 bridgehead atoms. The number of rotatable bonds is 8. The molecule has 6 atom stereocenters. The minimum Gasteiger partial charge on any atom is -0.468 e. The first-order valence-corrected chi connectivity index (χ1v) is 11.9. The lowest BCUT2D eigenvalue weighted by atomic mass is 9.92. The molecule has 0 unspecified atom stereocenters. The lowest BCUT2D eigenvalue weighted by Gasteiger charge is -2.20. The minimum absolute atomic E-state index is 0.177. The fraction of sp³-hybridized carbons (Fsp3) is 0.400. The zero-order valence-corrected chi connectivity index (χ0v) is 20.6. The minimum atomic E-state index is -1.29. The number of hydrogen-bond donors (Lipinski definition) is 5. The molecule has 8 N–H and O–H groups in total. The van der Waals surface area contributed by atoms with Crippen LogP contribution >= 0.6 is 0 Å². The van der Waals surface area contributed by atoms with Crippen LogP contribution in [0.2, 0.25) is 0 Å². The maximum absolute atomic E-state index is 11.8. The third kappa shape index (κ3) is 5.74. The standard InChI is InChI=1S/C25H29N7O6/c1-37-25(36)16(26)8-7-14(6-5-13-3-2-4-15(9-13)22(28)35)10-17-19(33)20(34)24(38-17)32-12-31-18-21(27)29-11-30-23(18)32/h2-4,9,11-12,14,16-17,19-20,24,33-34H,7-8,10,26H2,1H3,(H2,28,35)(H2,27,29,30)/t14-,16-,17+,19+,20+,24+/m0/s1. The second-order valence-electron chi connectivity index (χ2n) is 8.98. The number of methoxy groups -OCH3 is 1. The average molecular weight is 524 g/mol. The number of esters is 1. The zero-order chi connectivity index (χ0) is 27.4. The molecular weight excluding hydrogens is 494 g/mol. The second-order valence-corrected chi connectivity index (χ2v) is 8.98. The Hall–Kier alpha value is -4.09. The van der Waals surface area contributed by atoms with Crippen LogP contribution in [0.25, 0.3) is 11.2 Å². The number of carbonyl (C=O) groups excluding carboxylic acids is 2. The molecule has 1 aromatic carbocycles. The van der Waals surface area contributed by atoms with Gasteiger partial charge >= 0.3 is 5.97 Å². The van der Waals surface area contributed by atoms with Crippen molar-refractivity contribution in [3.63, 3.8) is 0 Å². The van der Waals surface area contributed by atoms with Gasteiger partial charge in [-0.1, -0.05) is 17.9 Å². The summed E-state index contributed by atoms with van der Waals surface area (Å²) in [5, 5.41) is 21.6. The lowest BCUT2D eigenvalue weighted by molar-refractivity contribution is -0.142. The predicted molar refractivity (Wildman–Crippen MR) is 135 cm³/mol. The number of nitrogens with two attached hydrogens (primary N) is 3. The molecule has 1 aliphatic rings. The smallest absolute Gasteiger partial charge is 0.322 e. The molecule has 4 rings (SSSR count). The molecule has 3 aromatic rings. The van der Waals surface area contributed by atoms with Gasteiger partial charge in [0.2, 0.25) is 5.91 Å². The SMILES string of the molecule is COC(=O)[C@@H](N)CC[C@H](C#Cc1cccc(C(N)=O)c1)C[C@H]1O[C@@H](n2cnc3c(N)ncnc32)[C@H](O)[C@@H]1O. The van der Waals surface area contributed by atoms with E-state index in [0.717, 1.165) is 0 Å². The van der Waals surface area contributed by atoms with Gasteiger partial charge in [-0.15, -0.1) is 0 Å². The fourth-order valence-electron chi connectivity index (χ4n) is 4.32. The van der Waals surface area contributed by atoms with Crippen LogP contribution in [0.3, 0.4) is 0 Å². The lowest BCUT2D eigenvalue weighted by Crippen LogP contribution is -2.34. The number of imidazole rings is 1. The molecule has 3 heterocycles. The van der Waals surface area contributed by atoms with Gasteiger partial charge in [0.15, 0.2) is 17.7 Å². The van der Waals surface area contributed by atoms with Gasteiger partial charge in [0, 0.05) is 17.0 Å². The van der Waals surface area contributed by atoms with E-state index in [1.807, 2.05) is 0 Å². The van der Waals surface area contributed by atoms with E-state index in [1.165, 1.54) is 24.3 Å². The van der Waals surface area contributed by atoms with Crippen LogP contribution < -0.4 is 17.2 Å². The van der Waals surface area contributed by atoms with Crippen molar-refractivity contribution in [1.29, 1.82) is 0 Å². The number of nitrogens with zero attached hydrogens (tertiary/aromatic N) is 4. The summed E-state index contributed by atoms with van der Waals surface area (Å²) in [4.78, 5) is 35.6. The van der Waals surface area contributed by atoms with Crippen molar-refractivity contribution in [2.45, 2.75) is 49.8 Å². The van der Waals surface area contributed by atoms with Gasteiger partial charge in [-0.25, -0.2) is 15.0 Å². The van der Waals surface area contributed by atoms with Crippen LogP contribution in [-0.4, -0.2) is 73.1 Å². The molecule has 0 saturated carbocycles. The molecule has 2 aromatic heterocycles. The zero-order valence-electron chi connectivity index (χ0n) is 20.6. The van der Waals surface area contributed by atoms with Gasteiger partial charge in [-0.3, -0.25) is 14.2 Å². The van der Waals surface area contributed by atoms with Crippen LogP contribution in [-0.2, 0) is 14.3 Å². The summed E-state index contributed by atoms with van der Waals surface area (Å²) in [5.41, 5.74) is 18.7. The molecular formula is C25H29N7O6.